The highest BCUT2D eigenvalue weighted by Crippen LogP contribution is 2.46. The zero-order valence-corrected chi connectivity index (χ0v) is 19.7. The zero-order chi connectivity index (χ0) is 21.7. The monoisotopic (exact) mass is 442 g/mol. The van der Waals surface area contributed by atoms with Crippen molar-refractivity contribution in [3.8, 4) is 5.75 Å². The second kappa shape index (κ2) is 9.94. The summed E-state index contributed by atoms with van der Waals surface area (Å²) in [5.74, 6) is 4.73. The van der Waals surface area contributed by atoms with Gasteiger partial charge in [-0.3, -0.25) is 0 Å². The van der Waals surface area contributed by atoms with Crippen molar-refractivity contribution in [2.75, 3.05) is 18.6 Å². The van der Waals surface area contributed by atoms with Crippen LogP contribution in [0, 0.1) is 6.92 Å². The molecule has 168 valence electrons. The van der Waals surface area contributed by atoms with Gasteiger partial charge in [0.1, 0.15) is 23.7 Å². The molecule has 1 aromatic carbocycles. The molecule has 8 heteroatoms. The Bertz CT molecular complexity index is 905. The highest BCUT2D eigenvalue weighted by Gasteiger charge is 2.43. The summed E-state index contributed by atoms with van der Waals surface area (Å²) in [6.45, 7) is 3.34. The Morgan fingerprint density at radius 2 is 2.10 bits per heavy atom. The van der Waals surface area contributed by atoms with Crippen LogP contribution < -0.4 is 15.4 Å². The first-order chi connectivity index (χ1) is 15.1. The summed E-state index contributed by atoms with van der Waals surface area (Å²) in [5.41, 5.74) is 1.17. The third kappa shape index (κ3) is 5.17. The van der Waals surface area contributed by atoms with E-state index in [2.05, 4.69) is 51.4 Å². The lowest BCUT2D eigenvalue weighted by atomic mass is 9.86. The number of nitrogens with zero attached hydrogens (tertiary/aromatic N) is 4. The first-order valence-electron chi connectivity index (χ1n) is 11.3. The van der Waals surface area contributed by atoms with Gasteiger partial charge in [0.25, 0.3) is 0 Å². The van der Waals surface area contributed by atoms with Crippen LogP contribution in [-0.4, -0.2) is 44.9 Å². The van der Waals surface area contributed by atoms with Gasteiger partial charge in [-0.25, -0.2) is 4.99 Å². The van der Waals surface area contributed by atoms with Gasteiger partial charge in [-0.1, -0.05) is 18.2 Å². The largest absolute Gasteiger partial charge is 0.487 e. The van der Waals surface area contributed by atoms with Gasteiger partial charge >= 0.3 is 0 Å². The maximum absolute atomic E-state index is 6.53. The number of aryl methyl sites for hydroxylation is 1. The maximum Gasteiger partial charge on any atom is 0.192 e. The molecule has 7 nitrogen and oxygen atoms in total. The molecule has 0 amide bonds. The lowest BCUT2D eigenvalue weighted by Gasteiger charge is -2.40. The van der Waals surface area contributed by atoms with Crippen LogP contribution in [0.4, 0.5) is 0 Å². The third-order valence-corrected chi connectivity index (χ3v) is 7.10. The topological polar surface area (TPSA) is 76.4 Å². The van der Waals surface area contributed by atoms with E-state index in [0.717, 1.165) is 61.3 Å². The van der Waals surface area contributed by atoms with E-state index < -0.39 is 0 Å². The Balaban J connectivity index is 1.54. The van der Waals surface area contributed by atoms with Crippen molar-refractivity contribution < 1.29 is 4.74 Å². The van der Waals surface area contributed by atoms with Crippen molar-refractivity contribution >= 4 is 17.7 Å². The van der Waals surface area contributed by atoms with Gasteiger partial charge in [-0.2, -0.15) is 11.8 Å². The van der Waals surface area contributed by atoms with Crippen molar-refractivity contribution in [3.05, 3.63) is 41.5 Å². The summed E-state index contributed by atoms with van der Waals surface area (Å²) in [4.78, 5) is 4.87. The second-order valence-electron chi connectivity index (χ2n) is 8.59. The molecule has 1 saturated carbocycles. The van der Waals surface area contributed by atoms with Crippen LogP contribution in [-0.2, 0) is 13.6 Å². The number of nitrogens with one attached hydrogen (secondary N) is 2. The molecule has 4 rings (SSSR count). The molecular weight excluding hydrogens is 408 g/mol. The van der Waals surface area contributed by atoms with Crippen molar-refractivity contribution in [1.82, 2.24) is 25.4 Å². The predicted molar refractivity (Wildman–Crippen MR) is 127 cm³/mol. The Kier molecular flexibility index (Phi) is 7.05. The van der Waals surface area contributed by atoms with Gasteiger partial charge < -0.3 is 19.9 Å². The van der Waals surface area contributed by atoms with Crippen LogP contribution >= 0.6 is 11.8 Å². The Labute approximate surface area is 189 Å². The SMILES string of the molecule is CSCCCNC(=NCc1nnc(C)n1C)NC1CC2(CCCC2)Oc2ccccc21. The summed E-state index contributed by atoms with van der Waals surface area (Å²) >= 11 is 1.87. The second-order valence-corrected chi connectivity index (χ2v) is 9.58. The van der Waals surface area contributed by atoms with Crippen LogP contribution in [0.5, 0.6) is 5.75 Å². The molecule has 0 bridgehead atoms. The number of thioether (sulfide) groups is 1. The molecule has 2 N–H and O–H groups in total. The molecule has 2 aliphatic rings. The number of ether oxygens (including phenoxy) is 1. The van der Waals surface area contributed by atoms with Crippen LogP contribution in [0.1, 0.15) is 61.8 Å². The lowest BCUT2D eigenvalue weighted by Crippen LogP contribution is -2.47. The molecule has 31 heavy (non-hydrogen) atoms. The third-order valence-electron chi connectivity index (χ3n) is 6.40. The number of aromatic nitrogens is 3. The Morgan fingerprint density at radius 3 is 2.84 bits per heavy atom. The van der Waals surface area contributed by atoms with Crippen molar-refractivity contribution in [3.63, 3.8) is 0 Å². The summed E-state index contributed by atoms with van der Waals surface area (Å²) < 4.78 is 8.52. The number of guanidine groups is 1. The standard InChI is InChI=1S/C23H34N6OS/c1-17-27-28-21(29(17)2)16-25-22(24-13-8-14-31-3)26-19-15-23(11-6-7-12-23)30-20-10-5-4-9-18(19)20/h4-5,9-10,19H,6-8,11-16H2,1-3H3,(H2,24,25,26). The smallest absolute Gasteiger partial charge is 0.192 e. The molecule has 2 heterocycles. The van der Waals surface area contributed by atoms with Gasteiger partial charge in [0, 0.05) is 25.6 Å². The highest BCUT2D eigenvalue weighted by molar-refractivity contribution is 7.98. The number of hydrogen-bond donors (Lipinski definition) is 2. The summed E-state index contributed by atoms with van der Waals surface area (Å²) in [5, 5.41) is 15.7. The van der Waals surface area contributed by atoms with Gasteiger partial charge in [0.15, 0.2) is 11.8 Å². The zero-order valence-electron chi connectivity index (χ0n) is 18.9. The van der Waals surface area contributed by atoms with E-state index in [-0.39, 0.29) is 11.6 Å². The normalized spacial score (nSPS) is 19.8. The Hall–Kier alpha value is -2.22. The van der Waals surface area contributed by atoms with E-state index in [9.17, 15) is 0 Å². The molecule has 1 unspecified atom stereocenters. The fourth-order valence-corrected chi connectivity index (χ4v) is 4.98. The van der Waals surface area contributed by atoms with E-state index in [1.165, 1.54) is 18.4 Å². The highest BCUT2D eigenvalue weighted by atomic mass is 32.2. The minimum Gasteiger partial charge on any atom is -0.487 e. The van der Waals surface area contributed by atoms with Gasteiger partial charge in [-0.15, -0.1) is 10.2 Å². The molecule has 1 aliphatic heterocycles. The molecule has 1 aliphatic carbocycles. The Morgan fingerprint density at radius 1 is 1.29 bits per heavy atom. The van der Waals surface area contributed by atoms with Gasteiger partial charge in [0.05, 0.1) is 6.04 Å². The quantitative estimate of drug-likeness (QED) is 0.386. The van der Waals surface area contributed by atoms with E-state index in [4.69, 9.17) is 9.73 Å². The van der Waals surface area contributed by atoms with E-state index >= 15 is 0 Å². The first-order valence-corrected chi connectivity index (χ1v) is 12.7. The van der Waals surface area contributed by atoms with Crippen LogP contribution in [0.25, 0.3) is 0 Å². The van der Waals surface area contributed by atoms with Crippen LogP contribution in [0.2, 0.25) is 0 Å². The number of benzene rings is 1. The van der Waals surface area contributed by atoms with Crippen molar-refractivity contribution in [2.45, 2.75) is 63.6 Å². The number of fused-ring (bicyclic) bond motifs is 1. The van der Waals surface area contributed by atoms with E-state index in [0.29, 0.717) is 6.54 Å². The first kappa shape index (κ1) is 22.0. The molecule has 1 spiro atoms. The fraction of sp³-hybridized carbons (Fsp3) is 0.609. The predicted octanol–water partition coefficient (Wildman–Crippen LogP) is 3.75. The summed E-state index contributed by atoms with van der Waals surface area (Å²) in [6, 6.07) is 8.61. The number of para-hydroxylation sites is 1. The average molecular weight is 443 g/mol. The van der Waals surface area contributed by atoms with E-state index in [1.54, 1.807) is 0 Å². The molecule has 2 aromatic rings. The van der Waals surface area contributed by atoms with Crippen molar-refractivity contribution in [1.29, 1.82) is 0 Å². The average Bonchev–Trinajstić information content (AvgIpc) is 3.35. The molecule has 1 fully saturated rings. The van der Waals surface area contributed by atoms with Gasteiger partial charge in [0.2, 0.25) is 0 Å². The number of rotatable bonds is 7. The van der Waals surface area contributed by atoms with Crippen LogP contribution in [0.15, 0.2) is 29.3 Å². The molecule has 0 radical (unpaired) electrons. The number of hydrogen-bond acceptors (Lipinski definition) is 5. The van der Waals surface area contributed by atoms with E-state index in [1.807, 2.05) is 30.3 Å². The van der Waals surface area contributed by atoms with Crippen molar-refractivity contribution in [2.24, 2.45) is 12.0 Å². The maximum atomic E-state index is 6.53. The number of aliphatic imine (C=N–C) groups is 1. The molecule has 1 aromatic heterocycles. The minimum atomic E-state index is -0.0450. The molecule has 1 atom stereocenters. The molecular formula is C23H34N6OS. The fourth-order valence-electron chi connectivity index (χ4n) is 4.55. The summed E-state index contributed by atoms with van der Waals surface area (Å²) in [7, 11) is 1.98. The lowest BCUT2D eigenvalue weighted by molar-refractivity contribution is 0.0396. The van der Waals surface area contributed by atoms with Gasteiger partial charge in [-0.05, 0) is 57.1 Å². The van der Waals surface area contributed by atoms with Crippen LogP contribution in [0.3, 0.4) is 0 Å². The minimum absolute atomic E-state index is 0.0450. The molecule has 0 saturated heterocycles. The summed E-state index contributed by atoms with van der Waals surface area (Å²) in [6.07, 6.45) is 8.96.